The second kappa shape index (κ2) is 2.38. The smallest absolute Gasteiger partial charge is 0.224 e. The molecule has 3 N–H and O–H groups in total. The lowest BCUT2D eigenvalue weighted by Crippen LogP contribution is -2.05. The Labute approximate surface area is 57.2 Å². The fourth-order valence-electron chi connectivity index (χ4n) is 0.529. The van der Waals surface area contributed by atoms with Gasteiger partial charge in [-0.3, -0.25) is 4.79 Å². The van der Waals surface area contributed by atoms with Gasteiger partial charge < -0.3 is 15.6 Å². The Kier molecular flexibility index (Phi) is 1.57. The van der Waals surface area contributed by atoms with E-state index in [9.17, 15) is 4.79 Å². The number of aromatic nitrogens is 1. The minimum atomic E-state index is -0.201. The molecule has 10 heavy (non-hydrogen) atoms. The van der Waals surface area contributed by atoms with Crippen LogP contribution in [0.3, 0.4) is 0 Å². The molecule has 0 saturated carbocycles. The number of nitrogens with two attached hydrogens (primary N) is 1. The van der Waals surface area contributed by atoms with Crippen LogP contribution >= 0.6 is 0 Å². The average Bonchev–Trinajstić information content (AvgIpc) is 2.13. The average molecular weight is 141 g/mol. The van der Waals surface area contributed by atoms with E-state index in [4.69, 9.17) is 5.73 Å². The van der Waals surface area contributed by atoms with Gasteiger partial charge in [-0.25, -0.2) is 0 Å². The molecule has 0 bridgehead atoms. The van der Waals surface area contributed by atoms with Gasteiger partial charge in [-0.15, -0.1) is 0 Å². The monoisotopic (exact) mass is 141 g/mol. The number of anilines is 2. The van der Waals surface area contributed by atoms with Crippen molar-refractivity contribution >= 4 is 17.6 Å². The van der Waals surface area contributed by atoms with Gasteiger partial charge in [0.2, 0.25) is 11.8 Å². The van der Waals surface area contributed by atoms with Crippen molar-refractivity contribution in [1.29, 1.82) is 0 Å². The van der Waals surface area contributed by atoms with E-state index in [1.54, 1.807) is 0 Å². The zero-order valence-electron chi connectivity index (χ0n) is 5.42. The molecule has 0 radical (unpaired) electrons. The highest BCUT2D eigenvalue weighted by Crippen LogP contribution is 2.08. The lowest BCUT2D eigenvalue weighted by Gasteiger charge is -1.89. The molecule has 0 aliphatic heterocycles. The van der Waals surface area contributed by atoms with Crippen molar-refractivity contribution in [1.82, 2.24) is 5.16 Å². The van der Waals surface area contributed by atoms with Crippen LogP contribution in [0.1, 0.15) is 6.92 Å². The molecule has 1 amide bonds. The first kappa shape index (κ1) is 6.60. The molecule has 1 aromatic rings. The van der Waals surface area contributed by atoms with Crippen LogP contribution in [0.25, 0.3) is 0 Å². The fourth-order valence-corrected chi connectivity index (χ4v) is 0.529. The van der Waals surface area contributed by atoms with Crippen LogP contribution in [0.15, 0.2) is 10.6 Å². The number of nitrogen functional groups attached to an aromatic ring is 1. The maximum absolute atomic E-state index is 10.4. The Hall–Kier alpha value is -1.52. The first-order valence-corrected chi connectivity index (χ1v) is 2.68. The van der Waals surface area contributed by atoms with Crippen LogP contribution in [0.5, 0.6) is 0 Å². The molecule has 0 fully saturated rings. The molecule has 0 aromatic carbocycles. The molecule has 1 rings (SSSR count). The van der Waals surface area contributed by atoms with Crippen molar-refractivity contribution in [3.8, 4) is 0 Å². The fraction of sp³-hybridized carbons (Fsp3) is 0.200. The van der Waals surface area contributed by atoms with Gasteiger partial charge in [0.25, 0.3) is 0 Å². The summed E-state index contributed by atoms with van der Waals surface area (Å²) in [6.07, 6.45) is 0. The van der Waals surface area contributed by atoms with E-state index in [0.29, 0.717) is 5.82 Å². The number of carbonyl (C=O) groups is 1. The highest BCUT2D eigenvalue weighted by Gasteiger charge is 1.99. The Morgan fingerprint density at radius 3 is 3.00 bits per heavy atom. The lowest BCUT2D eigenvalue weighted by molar-refractivity contribution is -0.114. The van der Waals surface area contributed by atoms with Gasteiger partial charge in [0.05, 0.1) is 0 Å². The summed E-state index contributed by atoms with van der Waals surface area (Å²) in [4.78, 5) is 10.4. The molecule has 0 aliphatic rings. The van der Waals surface area contributed by atoms with Gasteiger partial charge in [-0.05, 0) is 0 Å². The summed E-state index contributed by atoms with van der Waals surface area (Å²) in [6.45, 7) is 1.38. The summed E-state index contributed by atoms with van der Waals surface area (Å²) in [7, 11) is 0. The van der Waals surface area contributed by atoms with Gasteiger partial charge >= 0.3 is 0 Å². The summed E-state index contributed by atoms with van der Waals surface area (Å²) in [5.74, 6) is 0.321. The third-order valence-corrected chi connectivity index (χ3v) is 0.832. The number of hydrogen-bond acceptors (Lipinski definition) is 4. The minimum Gasteiger partial charge on any atom is -0.368 e. The van der Waals surface area contributed by atoms with E-state index < -0.39 is 0 Å². The molecule has 5 nitrogen and oxygen atoms in total. The van der Waals surface area contributed by atoms with E-state index in [1.165, 1.54) is 13.0 Å². The normalized spacial score (nSPS) is 9.30. The van der Waals surface area contributed by atoms with Crippen molar-refractivity contribution in [3.05, 3.63) is 6.07 Å². The lowest BCUT2D eigenvalue weighted by atomic mass is 10.5. The second-order valence-electron chi connectivity index (χ2n) is 1.80. The summed E-state index contributed by atoms with van der Waals surface area (Å²) >= 11 is 0. The van der Waals surface area contributed by atoms with E-state index in [1.807, 2.05) is 0 Å². The topological polar surface area (TPSA) is 81.2 Å². The van der Waals surface area contributed by atoms with E-state index in [2.05, 4.69) is 15.0 Å². The van der Waals surface area contributed by atoms with Crippen LogP contribution in [-0.4, -0.2) is 11.1 Å². The molecule has 0 aliphatic carbocycles. The maximum atomic E-state index is 10.4. The predicted molar refractivity (Wildman–Crippen MR) is 35.2 cm³/mol. The number of amides is 1. The van der Waals surface area contributed by atoms with Crippen LogP contribution < -0.4 is 11.1 Å². The van der Waals surface area contributed by atoms with E-state index in [-0.39, 0.29) is 11.8 Å². The molecule has 1 heterocycles. The molecule has 0 saturated heterocycles. The molecule has 0 spiro atoms. The highest BCUT2D eigenvalue weighted by molar-refractivity contribution is 5.87. The Morgan fingerprint density at radius 1 is 1.90 bits per heavy atom. The van der Waals surface area contributed by atoms with E-state index in [0.717, 1.165) is 0 Å². The van der Waals surface area contributed by atoms with Gasteiger partial charge in [-0.1, -0.05) is 5.16 Å². The summed E-state index contributed by atoms with van der Waals surface area (Å²) in [6, 6.07) is 1.43. The number of carbonyl (C=O) groups excluding carboxylic acids is 1. The summed E-state index contributed by atoms with van der Waals surface area (Å²) < 4.78 is 4.48. The molecular formula is C5H7N3O2. The zero-order valence-corrected chi connectivity index (χ0v) is 5.42. The van der Waals surface area contributed by atoms with Crippen LogP contribution in [0, 0.1) is 0 Å². The van der Waals surface area contributed by atoms with Crippen molar-refractivity contribution in [2.75, 3.05) is 11.1 Å². The second-order valence-corrected chi connectivity index (χ2v) is 1.80. The third kappa shape index (κ3) is 1.48. The summed E-state index contributed by atoms with van der Waals surface area (Å²) in [5.41, 5.74) is 5.17. The van der Waals surface area contributed by atoms with Crippen molar-refractivity contribution in [2.45, 2.75) is 6.92 Å². The largest absolute Gasteiger partial charge is 0.368 e. The molecule has 0 atom stereocenters. The molecule has 5 heteroatoms. The van der Waals surface area contributed by atoms with Gasteiger partial charge in [0.15, 0.2) is 5.82 Å². The van der Waals surface area contributed by atoms with E-state index >= 15 is 0 Å². The number of nitrogens with one attached hydrogen (secondary N) is 1. The van der Waals surface area contributed by atoms with Gasteiger partial charge in [0.1, 0.15) is 0 Å². The van der Waals surface area contributed by atoms with Crippen LogP contribution in [0.2, 0.25) is 0 Å². The molecular weight excluding hydrogens is 134 g/mol. The highest BCUT2D eigenvalue weighted by atomic mass is 16.5. The first-order valence-electron chi connectivity index (χ1n) is 2.68. The molecule has 1 aromatic heterocycles. The van der Waals surface area contributed by atoms with Crippen LogP contribution in [0.4, 0.5) is 11.7 Å². The predicted octanol–water partition coefficient (Wildman–Crippen LogP) is 0.215. The Morgan fingerprint density at radius 2 is 2.60 bits per heavy atom. The van der Waals surface area contributed by atoms with Gasteiger partial charge in [0, 0.05) is 13.0 Å². The zero-order chi connectivity index (χ0) is 7.56. The van der Waals surface area contributed by atoms with Crippen molar-refractivity contribution < 1.29 is 9.32 Å². The van der Waals surface area contributed by atoms with Crippen molar-refractivity contribution in [3.63, 3.8) is 0 Å². The summed E-state index contributed by atoms with van der Waals surface area (Å²) in [5, 5.41) is 5.83. The number of hydrogen-bond donors (Lipinski definition) is 2. The molecule has 54 valence electrons. The maximum Gasteiger partial charge on any atom is 0.224 e. The number of rotatable bonds is 1. The number of nitrogens with zero attached hydrogens (tertiary/aromatic N) is 1. The SMILES string of the molecule is CC(=O)Nc1cc(N)on1. The minimum absolute atomic E-state index is 0.184. The molecule has 0 unspecified atom stereocenters. The van der Waals surface area contributed by atoms with Gasteiger partial charge in [-0.2, -0.15) is 0 Å². The quantitative estimate of drug-likeness (QED) is 0.586. The van der Waals surface area contributed by atoms with Crippen molar-refractivity contribution in [2.24, 2.45) is 0 Å². The first-order chi connectivity index (χ1) is 4.68. The van der Waals surface area contributed by atoms with Crippen LogP contribution in [-0.2, 0) is 4.79 Å². The third-order valence-electron chi connectivity index (χ3n) is 0.832. The Balaban J connectivity index is 2.67. The Bertz CT molecular complexity index is 243. The standard InChI is InChI=1S/C5H7N3O2/c1-3(9)7-5-2-4(6)10-8-5/h2H,6H2,1H3,(H,7,8,9).